The maximum absolute atomic E-state index is 11.6. The molecule has 2 unspecified atom stereocenters. The topological polar surface area (TPSA) is 84.2 Å². The predicted molar refractivity (Wildman–Crippen MR) is 54.6 cm³/mol. The smallest absolute Gasteiger partial charge is 0.415 e. The van der Waals surface area contributed by atoms with Crippen molar-refractivity contribution in [2.24, 2.45) is 5.73 Å². The second-order valence-electron chi connectivity index (χ2n) is 3.65. The summed E-state index contributed by atoms with van der Waals surface area (Å²) in [7, 11) is 0. The van der Waals surface area contributed by atoms with Crippen LogP contribution < -0.4 is 10.6 Å². The Morgan fingerprint density at radius 1 is 1.73 bits per heavy atom. The lowest BCUT2D eigenvalue weighted by atomic mass is 10.1. The minimum absolute atomic E-state index is 0.0567. The van der Waals surface area contributed by atoms with Gasteiger partial charge in [0.15, 0.2) is 0 Å². The fourth-order valence-electron chi connectivity index (χ4n) is 1.77. The standard InChI is InChI=1S/C9H14N4O2/c1-5-7(4-11-12-5)13-6(2)8(3-10)15-9(13)14/h4,6,8H,3,10H2,1-2H3,(H,11,12). The molecule has 1 aromatic heterocycles. The number of aryl methyl sites for hydroxylation is 1. The number of carbonyl (C=O) groups is 1. The van der Waals surface area contributed by atoms with Gasteiger partial charge in [0.25, 0.3) is 0 Å². The molecule has 2 rings (SSSR count). The molecule has 2 atom stereocenters. The molecule has 6 nitrogen and oxygen atoms in total. The first-order valence-electron chi connectivity index (χ1n) is 4.85. The lowest BCUT2D eigenvalue weighted by molar-refractivity contribution is 0.137. The second kappa shape index (κ2) is 3.54. The van der Waals surface area contributed by atoms with E-state index in [2.05, 4.69) is 10.2 Å². The first-order chi connectivity index (χ1) is 7.15. The Hall–Kier alpha value is -1.56. The zero-order chi connectivity index (χ0) is 11.0. The Balaban J connectivity index is 2.30. The molecule has 0 aliphatic carbocycles. The number of hydrogen-bond donors (Lipinski definition) is 2. The summed E-state index contributed by atoms with van der Waals surface area (Å²) in [6, 6.07) is -0.0567. The molecule has 15 heavy (non-hydrogen) atoms. The van der Waals surface area contributed by atoms with Crippen LogP contribution in [0.3, 0.4) is 0 Å². The van der Waals surface area contributed by atoms with Crippen molar-refractivity contribution in [3.8, 4) is 0 Å². The van der Waals surface area contributed by atoms with E-state index in [4.69, 9.17) is 10.5 Å². The summed E-state index contributed by atoms with van der Waals surface area (Å²) in [5.74, 6) is 0. The van der Waals surface area contributed by atoms with Crippen LogP contribution in [0.15, 0.2) is 6.20 Å². The molecule has 0 aromatic carbocycles. The number of H-pyrrole nitrogens is 1. The number of cyclic esters (lactones) is 1. The van der Waals surface area contributed by atoms with Gasteiger partial charge in [-0.15, -0.1) is 0 Å². The van der Waals surface area contributed by atoms with E-state index >= 15 is 0 Å². The minimum Gasteiger partial charge on any atom is -0.442 e. The third-order valence-electron chi connectivity index (χ3n) is 2.69. The van der Waals surface area contributed by atoms with E-state index in [1.165, 1.54) is 0 Å². The second-order valence-corrected chi connectivity index (χ2v) is 3.65. The van der Waals surface area contributed by atoms with Crippen LogP contribution in [0.5, 0.6) is 0 Å². The van der Waals surface area contributed by atoms with E-state index in [9.17, 15) is 4.79 Å². The van der Waals surface area contributed by atoms with E-state index < -0.39 is 0 Å². The number of amides is 1. The highest BCUT2D eigenvalue weighted by atomic mass is 16.6. The van der Waals surface area contributed by atoms with E-state index in [0.717, 1.165) is 11.4 Å². The zero-order valence-electron chi connectivity index (χ0n) is 8.73. The monoisotopic (exact) mass is 210 g/mol. The summed E-state index contributed by atoms with van der Waals surface area (Å²) in [6.45, 7) is 4.10. The van der Waals surface area contributed by atoms with Gasteiger partial charge in [0, 0.05) is 6.54 Å². The first-order valence-corrected chi connectivity index (χ1v) is 4.85. The average molecular weight is 210 g/mol. The third kappa shape index (κ3) is 1.46. The number of nitrogens with zero attached hydrogens (tertiary/aromatic N) is 2. The van der Waals surface area contributed by atoms with E-state index in [1.54, 1.807) is 11.1 Å². The van der Waals surface area contributed by atoms with Gasteiger partial charge < -0.3 is 10.5 Å². The molecule has 1 aromatic rings. The average Bonchev–Trinajstić information content (AvgIpc) is 2.71. The highest BCUT2D eigenvalue weighted by Crippen LogP contribution is 2.27. The number of nitrogens with one attached hydrogen (secondary N) is 1. The highest BCUT2D eigenvalue weighted by molar-refractivity contribution is 5.91. The quantitative estimate of drug-likeness (QED) is 0.739. The van der Waals surface area contributed by atoms with Gasteiger partial charge in [-0.25, -0.2) is 4.79 Å². The van der Waals surface area contributed by atoms with Crippen molar-refractivity contribution in [2.75, 3.05) is 11.4 Å². The van der Waals surface area contributed by atoms with Crippen molar-refractivity contribution < 1.29 is 9.53 Å². The largest absolute Gasteiger partial charge is 0.442 e. The van der Waals surface area contributed by atoms with Crippen molar-refractivity contribution in [1.29, 1.82) is 0 Å². The molecule has 3 N–H and O–H groups in total. The Kier molecular flexibility index (Phi) is 2.36. The molecule has 82 valence electrons. The van der Waals surface area contributed by atoms with E-state index in [0.29, 0.717) is 6.54 Å². The summed E-state index contributed by atoms with van der Waals surface area (Å²) < 4.78 is 5.13. The van der Waals surface area contributed by atoms with Crippen LogP contribution in [0.4, 0.5) is 10.5 Å². The lowest BCUT2D eigenvalue weighted by Gasteiger charge is -2.18. The predicted octanol–water partition coefficient (Wildman–Crippen LogP) is 0.391. The van der Waals surface area contributed by atoms with Gasteiger partial charge >= 0.3 is 6.09 Å². The molecule has 1 aliphatic heterocycles. The van der Waals surface area contributed by atoms with Crippen LogP contribution in [0.25, 0.3) is 0 Å². The van der Waals surface area contributed by atoms with Crippen molar-refractivity contribution in [3.05, 3.63) is 11.9 Å². The summed E-state index contributed by atoms with van der Waals surface area (Å²) >= 11 is 0. The molecular formula is C9H14N4O2. The maximum atomic E-state index is 11.6. The van der Waals surface area contributed by atoms with Crippen LogP contribution in [-0.2, 0) is 4.74 Å². The van der Waals surface area contributed by atoms with Gasteiger partial charge in [-0.3, -0.25) is 10.00 Å². The van der Waals surface area contributed by atoms with Crippen molar-refractivity contribution in [3.63, 3.8) is 0 Å². The van der Waals surface area contributed by atoms with Crippen molar-refractivity contribution in [1.82, 2.24) is 10.2 Å². The van der Waals surface area contributed by atoms with Gasteiger partial charge in [0.2, 0.25) is 0 Å². The Morgan fingerprint density at radius 3 is 2.93 bits per heavy atom. The summed E-state index contributed by atoms with van der Waals surface area (Å²) in [4.78, 5) is 13.2. The molecule has 1 fully saturated rings. The van der Waals surface area contributed by atoms with E-state index in [-0.39, 0.29) is 18.2 Å². The van der Waals surface area contributed by atoms with Crippen LogP contribution in [0.2, 0.25) is 0 Å². The molecule has 0 saturated carbocycles. The number of aromatic amines is 1. The van der Waals surface area contributed by atoms with Gasteiger partial charge in [0.1, 0.15) is 6.10 Å². The molecule has 2 heterocycles. The number of ether oxygens (including phenoxy) is 1. The summed E-state index contributed by atoms with van der Waals surface area (Å²) in [5.41, 5.74) is 7.11. The summed E-state index contributed by atoms with van der Waals surface area (Å²) in [5, 5.41) is 6.67. The van der Waals surface area contributed by atoms with Gasteiger partial charge in [-0.05, 0) is 13.8 Å². The SMILES string of the molecule is Cc1[nH]ncc1N1C(=O)OC(CN)C1C. The van der Waals surface area contributed by atoms with Gasteiger partial charge in [0.05, 0.1) is 23.6 Å². The number of rotatable bonds is 2. The first kappa shape index (κ1) is 9.97. The Morgan fingerprint density at radius 2 is 2.47 bits per heavy atom. The fraction of sp³-hybridized carbons (Fsp3) is 0.556. The Bertz CT molecular complexity index is 376. The van der Waals surface area contributed by atoms with Crippen LogP contribution in [0.1, 0.15) is 12.6 Å². The van der Waals surface area contributed by atoms with Crippen molar-refractivity contribution >= 4 is 11.8 Å². The lowest BCUT2D eigenvalue weighted by Crippen LogP contribution is -2.37. The number of nitrogens with two attached hydrogens (primary N) is 1. The summed E-state index contributed by atoms with van der Waals surface area (Å²) in [6.07, 6.45) is 1.01. The molecule has 0 bridgehead atoms. The van der Waals surface area contributed by atoms with Crippen LogP contribution in [0, 0.1) is 6.92 Å². The molecule has 1 saturated heterocycles. The highest BCUT2D eigenvalue weighted by Gasteiger charge is 2.39. The molecule has 6 heteroatoms. The van der Waals surface area contributed by atoms with Crippen molar-refractivity contribution in [2.45, 2.75) is 26.0 Å². The minimum atomic E-state index is -0.359. The number of anilines is 1. The van der Waals surface area contributed by atoms with Crippen LogP contribution >= 0.6 is 0 Å². The van der Waals surface area contributed by atoms with Gasteiger partial charge in [-0.2, -0.15) is 5.10 Å². The molecule has 1 aliphatic rings. The molecule has 0 spiro atoms. The number of hydrogen-bond acceptors (Lipinski definition) is 4. The molecule has 0 radical (unpaired) electrons. The zero-order valence-corrected chi connectivity index (χ0v) is 8.73. The normalized spacial score (nSPS) is 25.8. The third-order valence-corrected chi connectivity index (χ3v) is 2.69. The molecular weight excluding hydrogens is 196 g/mol. The number of aromatic nitrogens is 2. The number of carbonyl (C=O) groups excluding carboxylic acids is 1. The van der Waals surface area contributed by atoms with E-state index in [1.807, 2.05) is 13.8 Å². The maximum Gasteiger partial charge on any atom is 0.415 e. The van der Waals surface area contributed by atoms with Gasteiger partial charge in [-0.1, -0.05) is 0 Å². The molecule has 1 amide bonds. The Labute approximate surface area is 87.4 Å². The fourth-order valence-corrected chi connectivity index (χ4v) is 1.77. The van der Waals surface area contributed by atoms with Crippen LogP contribution in [-0.4, -0.2) is 35.0 Å².